The Hall–Kier alpha value is -6.91. The summed E-state index contributed by atoms with van der Waals surface area (Å²) in [6.07, 6.45) is 0.102. The quantitative estimate of drug-likeness (QED) is 0.0959. The standard InChI is InChI=1S/C54H56N4O6/c1-6-44-48(41-27-28-45-42(29-41)30-46-49(57(5)32-37-19-11-7-12-20-37)43(33-58(45)46)31-55-53(60)64-54(2,3)4)56-51(62-35-39-23-15-9-16-24-39)47(50(44)61-34-38-21-13-8-14-22-38)52(59)63-36-40-25-17-10-18-26-40/h7-30,43,49H,6,31-36H2,1-5H3,(H,55,60)/t43-,49-/m0/s1. The number of benzene rings is 5. The van der Waals surface area contributed by atoms with E-state index in [2.05, 4.69) is 70.4 Å². The van der Waals surface area contributed by atoms with E-state index in [4.69, 9.17) is 23.9 Å². The van der Waals surface area contributed by atoms with Crippen molar-refractivity contribution in [2.24, 2.45) is 5.92 Å². The first-order valence-electron chi connectivity index (χ1n) is 22.0. The van der Waals surface area contributed by atoms with Gasteiger partial charge in [0.15, 0.2) is 5.56 Å². The maximum absolute atomic E-state index is 14.4. The van der Waals surface area contributed by atoms with Gasteiger partial charge in [-0.1, -0.05) is 134 Å². The molecule has 1 N–H and O–H groups in total. The van der Waals surface area contributed by atoms with Gasteiger partial charge in [-0.3, -0.25) is 4.90 Å². The van der Waals surface area contributed by atoms with Crippen LogP contribution in [0.5, 0.6) is 11.6 Å². The minimum atomic E-state index is -0.593. The Morgan fingerprint density at radius 1 is 0.750 bits per heavy atom. The predicted octanol–water partition coefficient (Wildman–Crippen LogP) is 11.1. The van der Waals surface area contributed by atoms with Crippen molar-refractivity contribution in [3.8, 4) is 22.9 Å². The molecule has 2 aromatic heterocycles. The van der Waals surface area contributed by atoms with Gasteiger partial charge in [0.05, 0.1) is 11.7 Å². The lowest BCUT2D eigenvalue weighted by molar-refractivity contribution is 0.0458. The number of aromatic nitrogens is 2. The normalized spacial score (nSPS) is 14.6. The van der Waals surface area contributed by atoms with Crippen molar-refractivity contribution in [3.05, 3.63) is 185 Å². The average molecular weight is 857 g/mol. The highest BCUT2D eigenvalue weighted by Gasteiger charge is 2.38. The van der Waals surface area contributed by atoms with Gasteiger partial charge < -0.3 is 28.8 Å². The zero-order chi connectivity index (χ0) is 44.6. The number of hydrogen-bond donors (Lipinski definition) is 1. The Balaban J connectivity index is 1.20. The molecule has 64 heavy (non-hydrogen) atoms. The molecule has 1 amide bonds. The SMILES string of the molecule is CCc1c(-c2ccc3c(c2)cc2n3C[C@H](CNC(=O)OC(C)(C)C)[C@@H]2N(C)Cc2ccccc2)nc(OCc2ccccc2)c(C(=O)OCc2ccccc2)c1OCc1ccccc1. The highest BCUT2D eigenvalue weighted by Crippen LogP contribution is 2.43. The molecular weight excluding hydrogens is 801 g/mol. The fourth-order valence-electron chi connectivity index (χ4n) is 8.57. The molecule has 0 spiro atoms. The van der Waals surface area contributed by atoms with Crippen molar-refractivity contribution in [2.45, 2.75) is 78.7 Å². The molecule has 3 heterocycles. The topological polar surface area (TPSA) is 104 Å². The van der Waals surface area contributed by atoms with Gasteiger partial charge in [-0.15, -0.1) is 0 Å². The number of ether oxygens (including phenoxy) is 4. The van der Waals surface area contributed by atoms with Crippen LogP contribution in [0.1, 0.15) is 77.6 Å². The maximum atomic E-state index is 14.4. The second-order valence-electron chi connectivity index (χ2n) is 17.4. The monoisotopic (exact) mass is 856 g/mol. The van der Waals surface area contributed by atoms with E-state index in [1.807, 2.05) is 125 Å². The van der Waals surface area contributed by atoms with E-state index in [-0.39, 0.29) is 43.2 Å². The molecule has 0 fully saturated rings. The highest BCUT2D eigenvalue weighted by atomic mass is 16.6. The molecule has 0 aliphatic carbocycles. The maximum Gasteiger partial charge on any atom is 0.407 e. The van der Waals surface area contributed by atoms with Crippen molar-refractivity contribution in [1.82, 2.24) is 19.8 Å². The lowest BCUT2D eigenvalue weighted by Gasteiger charge is -2.30. The van der Waals surface area contributed by atoms with Gasteiger partial charge >= 0.3 is 12.1 Å². The van der Waals surface area contributed by atoms with E-state index in [0.717, 1.165) is 45.3 Å². The summed E-state index contributed by atoms with van der Waals surface area (Å²) in [6, 6.07) is 48.4. The van der Waals surface area contributed by atoms with Gasteiger partial charge in [-0.05, 0) is 74.7 Å². The van der Waals surface area contributed by atoms with E-state index >= 15 is 0 Å². The summed E-state index contributed by atoms with van der Waals surface area (Å²) >= 11 is 0. The van der Waals surface area contributed by atoms with Gasteiger partial charge in [-0.2, -0.15) is 0 Å². The number of hydrogen-bond acceptors (Lipinski definition) is 8. The van der Waals surface area contributed by atoms with Gasteiger partial charge in [0.25, 0.3) is 0 Å². The fraction of sp³-hybridized carbons (Fsp3) is 0.278. The molecule has 10 heteroatoms. The number of amides is 1. The molecule has 0 saturated carbocycles. The lowest BCUT2D eigenvalue weighted by Crippen LogP contribution is -2.38. The summed E-state index contributed by atoms with van der Waals surface area (Å²) in [5.41, 5.74) is 8.07. The van der Waals surface area contributed by atoms with Crippen molar-refractivity contribution in [1.29, 1.82) is 0 Å². The molecule has 328 valence electrons. The van der Waals surface area contributed by atoms with Gasteiger partial charge in [0.1, 0.15) is 31.2 Å². The molecule has 0 bridgehead atoms. The van der Waals surface area contributed by atoms with Gasteiger partial charge in [-0.25, -0.2) is 14.6 Å². The first-order valence-corrected chi connectivity index (χ1v) is 22.0. The summed E-state index contributed by atoms with van der Waals surface area (Å²) in [7, 11) is 2.15. The number of carbonyl (C=O) groups excluding carboxylic acids is 2. The van der Waals surface area contributed by atoms with E-state index in [0.29, 0.717) is 31.0 Å². The summed E-state index contributed by atoms with van der Waals surface area (Å²) in [6.45, 7) is 10.1. The van der Waals surface area contributed by atoms with Crippen LogP contribution in [0.25, 0.3) is 22.2 Å². The summed E-state index contributed by atoms with van der Waals surface area (Å²) < 4.78 is 27.2. The number of nitrogens with one attached hydrogen (secondary N) is 1. The molecule has 5 aromatic carbocycles. The third-order valence-corrected chi connectivity index (χ3v) is 11.5. The van der Waals surface area contributed by atoms with Crippen LogP contribution >= 0.6 is 0 Å². The molecular formula is C54H56N4O6. The number of rotatable bonds is 16. The summed E-state index contributed by atoms with van der Waals surface area (Å²) in [5.74, 6) is 0.0420. The zero-order valence-corrected chi connectivity index (χ0v) is 37.3. The Morgan fingerprint density at radius 3 is 1.92 bits per heavy atom. The van der Waals surface area contributed by atoms with Crippen molar-refractivity contribution in [3.63, 3.8) is 0 Å². The van der Waals surface area contributed by atoms with Gasteiger partial charge in [0.2, 0.25) is 5.88 Å². The van der Waals surface area contributed by atoms with E-state index in [1.54, 1.807) is 0 Å². The average Bonchev–Trinajstić information content (AvgIpc) is 3.84. The van der Waals surface area contributed by atoms with Crippen LogP contribution in [0.2, 0.25) is 0 Å². The third kappa shape index (κ3) is 10.3. The number of carbonyl (C=O) groups is 2. The minimum Gasteiger partial charge on any atom is -0.487 e. The van der Waals surface area contributed by atoms with Crippen molar-refractivity contribution >= 4 is 23.0 Å². The van der Waals surface area contributed by atoms with E-state index < -0.39 is 17.7 Å². The highest BCUT2D eigenvalue weighted by molar-refractivity contribution is 5.97. The number of nitrogens with zero attached hydrogens (tertiary/aromatic N) is 3. The lowest BCUT2D eigenvalue weighted by atomic mass is 9.97. The Morgan fingerprint density at radius 2 is 1.33 bits per heavy atom. The van der Waals surface area contributed by atoms with Gasteiger partial charge in [0, 0.05) is 53.3 Å². The molecule has 1 aliphatic rings. The van der Waals surface area contributed by atoms with Crippen LogP contribution in [-0.2, 0) is 48.8 Å². The third-order valence-electron chi connectivity index (χ3n) is 11.5. The molecule has 0 unspecified atom stereocenters. The largest absolute Gasteiger partial charge is 0.487 e. The Labute approximate surface area is 375 Å². The fourth-order valence-corrected chi connectivity index (χ4v) is 8.57. The Kier molecular flexibility index (Phi) is 13.4. The zero-order valence-electron chi connectivity index (χ0n) is 37.3. The van der Waals surface area contributed by atoms with Crippen LogP contribution in [-0.4, -0.2) is 45.7 Å². The van der Waals surface area contributed by atoms with Crippen LogP contribution in [0.3, 0.4) is 0 Å². The number of alkyl carbamates (subject to hydrolysis) is 1. The van der Waals surface area contributed by atoms with E-state index in [1.165, 1.54) is 11.3 Å². The molecule has 0 radical (unpaired) electrons. The molecule has 0 saturated heterocycles. The number of esters is 1. The second-order valence-corrected chi connectivity index (χ2v) is 17.4. The van der Waals surface area contributed by atoms with Crippen molar-refractivity contribution in [2.75, 3.05) is 13.6 Å². The second kappa shape index (κ2) is 19.6. The van der Waals surface area contributed by atoms with Crippen LogP contribution in [0.15, 0.2) is 146 Å². The van der Waals surface area contributed by atoms with Crippen LogP contribution < -0.4 is 14.8 Å². The Bertz CT molecular complexity index is 2680. The van der Waals surface area contributed by atoms with Crippen molar-refractivity contribution < 1.29 is 28.5 Å². The first-order chi connectivity index (χ1) is 31.0. The number of pyridine rings is 1. The molecule has 7 aromatic rings. The minimum absolute atomic E-state index is 0.00693. The molecule has 8 rings (SSSR count). The summed E-state index contributed by atoms with van der Waals surface area (Å²) in [4.78, 5) is 34.8. The molecule has 1 aliphatic heterocycles. The smallest absolute Gasteiger partial charge is 0.407 e. The molecule has 10 nitrogen and oxygen atoms in total. The van der Waals surface area contributed by atoms with E-state index in [9.17, 15) is 9.59 Å². The number of fused-ring (bicyclic) bond motifs is 3. The summed E-state index contributed by atoms with van der Waals surface area (Å²) in [5, 5.41) is 4.11. The first kappa shape index (κ1) is 43.7. The van der Waals surface area contributed by atoms with Crippen LogP contribution in [0, 0.1) is 5.92 Å². The molecule has 2 atom stereocenters. The van der Waals surface area contributed by atoms with Crippen LogP contribution in [0.4, 0.5) is 4.79 Å². The predicted molar refractivity (Wildman–Crippen MR) is 250 cm³/mol.